The lowest BCUT2D eigenvalue weighted by atomic mass is 10.3. The number of aliphatic hydroxyl groups is 1. The number of aromatic nitrogens is 4. The topological polar surface area (TPSA) is 73.1 Å². The second kappa shape index (κ2) is 4.28. The van der Waals surface area contributed by atoms with Crippen molar-refractivity contribution >= 4 is 0 Å². The number of pyridine rings is 1. The number of nitrogens with zero attached hydrogens (tertiary/aromatic N) is 4. The highest BCUT2D eigenvalue weighted by atomic mass is 16.5. The number of rotatable bonds is 3. The lowest BCUT2D eigenvalue weighted by molar-refractivity contribution is 0.194. The van der Waals surface area contributed by atoms with Crippen molar-refractivity contribution in [3.05, 3.63) is 30.2 Å². The highest BCUT2D eigenvalue weighted by molar-refractivity contribution is 5.27. The molecule has 0 bridgehead atoms. The molecule has 2 rings (SSSR count). The Kier molecular flexibility index (Phi) is 2.82. The highest BCUT2D eigenvalue weighted by Crippen LogP contribution is 2.12. The number of aliphatic hydroxyl groups excluding tert-OH is 1. The van der Waals surface area contributed by atoms with E-state index in [2.05, 4.69) is 15.3 Å². The zero-order valence-electron chi connectivity index (χ0n) is 9.03. The standard InChI is InChI=1S/C10H12N4O2/c1-7(15)9-6-14(13-12-9)10-4-3-8(16-2)5-11-10/h3-7,15H,1-2H3/t7-/m0/s1. The van der Waals surface area contributed by atoms with Crippen molar-refractivity contribution in [3.63, 3.8) is 0 Å². The zero-order valence-corrected chi connectivity index (χ0v) is 9.03. The van der Waals surface area contributed by atoms with Gasteiger partial charge in [-0.25, -0.2) is 9.67 Å². The van der Waals surface area contributed by atoms with Gasteiger partial charge in [0.15, 0.2) is 5.82 Å². The van der Waals surface area contributed by atoms with Gasteiger partial charge in [0.1, 0.15) is 11.4 Å². The molecule has 0 fully saturated rings. The van der Waals surface area contributed by atoms with Crippen LogP contribution in [0, 0.1) is 0 Å². The molecule has 84 valence electrons. The van der Waals surface area contributed by atoms with Gasteiger partial charge in [-0.1, -0.05) is 5.21 Å². The van der Waals surface area contributed by atoms with Crippen molar-refractivity contribution in [1.82, 2.24) is 20.0 Å². The first-order valence-electron chi connectivity index (χ1n) is 4.81. The molecule has 0 aliphatic rings. The summed E-state index contributed by atoms with van der Waals surface area (Å²) in [5, 5.41) is 17.0. The minimum atomic E-state index is -0.632. The fourth-order valence-electron chi connectivity index (χ4n) is 1.21. The van der Waals surface area contributed by atoms with Crippen LogP contribution >= 0.6 is 0 Å². The third kappa shape index (κ3) is 2.01. The van der Waals surface area contributed by atoms with Gasteiger partial charge in [0.25, 0.3) is 0 Å². The summed E-state index contributed by atoms with van der Waals surface area (Å²) in [5.74, 6) is 1.31. The Hall–Kier alpha value is -1.95. The summed E-state index contributed by atoms with van der Waals surface area (Å²) in [6.07, 6.45) is 2.60. The summed E-state index contributed by atoms with van der Waals surface area (Å²) in [5.41, 5.74) is 0.512. The first kappa shape index (κ1) is 10.6. The Morgan fingerprint density at radius 2 is 2.25 bits per heavy atom. The first-order valence-corrected chi connectivity index (χ1v) is 4.81. The van der Waals surface area contributed by atoms with E-state index in [1.165, 1.54) is 4.68 Å². The van der Waals surface area contributed by atoms with E-state index in [4.69, 9.17) is 4.74 Å². The van der Waals surface area contributed by atoms with Crippen LogP contribution in [0.1, 0.15) is 18.7 Å². The average Bonchev–Trinajstić information content (AvgIpc) is 2.78. The molecule has 2 heterocycles. The van der Waals surface area contributed by atoms with Gasteiger partial charge in [0, 0.05) is 0 Å². The van der Waals surface area contributed by atoms with Crippen molar-refractivity contribution in [2.45, 2.75) is 13.0 Å². The Morgan fingerprint density at radius 1 is 1.44 bits per heavy atom. The molecule has 6 heteroatoms. The quantitative estimate of drug-likeness (QED) is 0.825. The Labute approximate surface area is 92.5 Å². The monoisotopic (exact) mass is 220 g/mol. The molecule has 0 aliphatic carbocycles. The Bertz CT molecular complexity index is 464. The molecule has 0 amide bonds. The third-order valence-corrected chi connectivity index (χ3v) is 2.13. The van der Waals surface area contributed by atoms with E-state index in [9.17, 15) is 5.11 Å². The van der Waals surface area contributed by atoms with Gasteiger partial charge in [-0.3, -0.25) is 0 Å². The summed E-state index contributed by atoms with van der Waals surface area (Å²) in [6.45, 7) is 1.63. The molecule has 0 aromatic carbocycles. The molecule has 6 nitrogen and oxygen atoms in total. The molecule has 2 aromatic heterocycles. The molecule has 0 radical (unpaired) electrons. The SMILES string of the molecule is COc1ccc(-n2cc([C@H](C)O)nn2)nc1. The largest absolute Gasteiger partial charge is 0.495 e. The van der Waals surface area contributed by atoms with Crippen LogP contribution in [0.3, 0.4) is 0 Å². The van der Waals surface area contributed by atoms with Crippen LogP contribution in [-0.4, -0.2) is 32.2 Å². The first-order chi connectivity index (χ1) is 7.70. The molecule has 0 aliphatic heterocycles. The van der Waals surface area contributed by atoms with Crippen molar-refractivity contribution in [2.75, 3.05) is 7.11 Å². The maximum atomic E-state index is 9.31. The zero-order chi connectivity index (χ0) is 11.5. The predicted molar refractivity (Wildman–Crippen MR) is 56.3 cm³/mol. The average molecular weight is 220 g/mol. The molecule has 0 saturated heterocycles. The molecule has 0 unspecified atom stereocenters. The number of methoxy groups -OCH3 is 1. The van der Waals surface area contributed by atoms with Gasteiger partial charge >= 0.3 is 0 Å². The maximum absolute atomic E-state index is 9.31. The van der Waals surface area contributed by atoms with Gasteiger partial charge in [0.05, 0.1) is 25.6 Å². The molecule has 0 saturated carbocycles. The van der Waals surface area contributed by atoms with E-state index in [0.29, 0.717) is 17.3 Å². The Balaban J connectivity index is 2.28. The molecule has 0 spiro atoms. The smallest absolute Gasteiger partial charge is 0.155 e. The fourth-order valence-corrected chi connectivity index (χ4v) is 1.21. The van der Waals surface area contributed by atoms with E-state index in [0.717, 1.165) is 0 Å². The van der Waals surface area contributed by atoms with Crippen LogP contribution in [-0.2, 0) is 0 Å². The lowest BCUT2D eigenvalue weighted by Crippen LogP contribution is -1.98. The van der Waals surface area contributed by atoms with Crippen LogP contribution < -0.4 is 4.74 Å². The van der Waals surface area contributed by atoms with Crippen molar-refractivity contribution in [3.8, 4) is 11.6 Å². The summed E-state index contributed by atoms with van der Waals surface area (Å²) in [7, 11) is 1.58. The van der Waals surface area contributed by atoms with Crippen LogP contribution in [0.2, 0.25) is 0 Å². The van der Waals surface area contributed by atoms with Crippen LogP contribution in [0.15, 0.2) is 24.5 Å². The normalized spacial score (nSPS) is 12.4. The van der Waals surface area contributed by atoms with Gasteiger partial charge in [-0.2, -0.15) is 0 Å². The lowest BCUT2D eigenvalue weighted by Gasteiger charge is -2.01. The van der Waals surface area contributed by atoms with Crippen LogP contribution in [0.4, 0.5) is 0 Å². The van der Waals surface area contributed by atoms with Crippen molar-refractivity contribution < 1.29 is 9.84 Å². The minimum Gasteiger partial charge on any atom is -0.495 e. The van der Waals surface area contributed by atoms with Gasteiger partial charge in [-0.05, 0) is 19.1 Å². The number of hydrogen-bond acceptors (Lipinski definition) is 5. The summed E-state index contributed by atoms with van der Waals surface area (Å²) >= 11 is 0. The van der Waals surface area contributed by atoms with E-state index in [1.54, 1.807) is 38.6 Å². The molecule has 2 aromatic rings. The van der Waals surface area contributed by atoms with E-state index >= 15 is 0 Å². The molecular formula is C10H12N4O2. The number of hydrogen-bond donors (Lipinski definition) is 1. The van der Waals surface area contributed by atoms with Gasteiger partial charge in [0.2, 0.25) is 0 Å². The molecular weight excluding hydrogens is 208 g/mol. The van der Waals surface area contributed by atoms with E-state index in [-0.39, 0.29) is 0 Å². The van der Waals surface area contributed by atoms with Gasteiger partial charge in [-0.15, -0.1) is 5.10 Å². The maximum Gasteiger partial charge on any atom is 0.155 e. The van der Waals surface area contributed by atoms with E-state index in [1.807, 2.05) is 0 Å². The third-order valence-electron chi connectivity index (χ3n) is 2.13. The summed E-state index contributed by atoms with van der Waals surface area (Å²) < 4.78 is 6.50. The summed E-state index contributed by atoms with van der Waals surface area (Å²) in [4.78, 5) is 4.15. The van der Waals surface area contributed by atoms with Crippen LogP contribution in [0.5, 0.6) is 5.75 Å². The molecule has 1 atom stereocenters. The Morgan fingerprint density at radius 3 is 2.75 bits per heavy atom. The second-order valence-electron chi connectivity index (χ2n) is 3.32. The predicted octanol–water partition coefficient (Wildman–Crippen LogP) is 0.724. The van der Waals surface area contributed by atoms with Crippen LogP contribution in [0.25, 0.3) is 5.82 Å². The highest BCUT2D eigenvalue weighted by Gasteiger charge is 2.07. The summed E-state index contributed by atoms with van der Waals surface area (Å²) in [6, 6.07) is 3.55. The minimum absolute atomic E-state index is 0.512. The van der Waals surface area contributed by atoms with E-state index < -0.39 is 6.10 Å². The second-order valence-corrected chi connectivity index (χ2v) is 3.32. The molecule has 16 heavy (non-hydrogen) atoms. The van der Waals surface area contributed by atoms with Crippen molar-refractivity contribution in [2.24, 2.45) is 0 Å². The van der Waals surface area contributed by atoms with Gasteiger partial charge < -0.3 is 9.84 Å². The van der Waals surface area contributed by atoms with Crippen molar-refractivity contribution in [1.29, 1.82) is 0 Å². The fraction of sp³-hybridized carbons (Fsp3) is 0.300. The number of ether oxygens (including phenoxy) is 1. The molecule has 1 N–H and O–H groups in total.